The lowest BCUT2D eigenvalue weighted by Gasteiger charge is -1.96. The quantitative estimate of drug-likeness (QED) is 0.657. The number of fused-ring (bicyclic) bond motifs is 1. The van der Waals surface area contributed by atoms with Gasteiger partial charge >= 0.3 is 0 Å². The molecular weight excluding hydrogens is 270 g/mol. The van der Waals surface area contributed by atoms with Gasteiger partial charge in [-0.2, -0.15) is 10.2 Å². The van der Waals surface area contributed by atoms with Crippen molar-refractivity contribution in [1.82, 2.24) is 4.98 Å². The SMILES string of the molecule is COc1ccc2sc(CN=Nc3ccccc3)nc2c1. The van der Waals surface area contributed by atoms with E-state index in [0.717, 1.165) is 26.7 Å². The molecule has 2 aromatic carbocycles. The van der Waals surface area contributed by atoms with Crippen molar-refractivity contribution in [2.75, 3.05) is 7.11 Å². The predicted octanol–water partition coefficient (Wildman–Crippen LogP) is 4.59. The second-order valence-corrected chi connectivity index (χ2v) is 5.29. The molecule has 3 aromatic rings. The molecule has 0 amide bonds. The van der Waals surface area contributed by atoms with Crippen LogP contribution in [-0.2, 0) is 6.54 Å². The summed E-state index contributed by atoms with van der Waals surface area (Å²) < 4.78 is 6.33. The van der Waals surface area contributed by atoms with Gasteiger partial charge in [0.15, 0.2) is 0 Å². The Labute approximate surface area is 120 Å². The van der Waals surface area contributed by atoms with Crippen LogP contribution in [0.3, 0.4) is 0 Å². The van der Waals surface area contributed by atoms with E-state index in [1.54, 1.807) is 18.4 Å². The van der Waals surface area contributed by atoms with Crippen molar-refractivity contribution in [1.29, 1.82) is 0 Å². The smallest absolute Gasteiger partial charge is 0.121 e. The van der Waals surface area contributed by atoms with E-state index in [4.69, 9.17) is 4.74 Å². The highest BCUT2D eigenvalue weighted by molar-refractivity contribution is 7.18. The van der Waals surface area contributed by atoms with E-state index >= 15 is 0 Å². The van der Waals surface area contributed by atoms with E-state index in [1.807, 2.05) is 48.5 Å². The number of thiazole rings is 1. The summed E-state index contributed by atoms with van der Waals surface area (Å²) >= 11 is 1.63. The minimum atomic E-state index is 0.497. The molecule has 4 nitrogen and oxygen atoms in total. The average molecular weight is 283 g/mol. The van der Waals surface area contributed by atoms with E-state index in [1.165, 1.54) is 0 Å². The minimum Gasteiger partial charge on any atom is -0.497 e. The molecule has 5 heteroatoms. The molecule has 0 aliphatic heterocycles. The summed E-state index contributed by atoms with van der Waals surface area (Å²) in [6, 6.07) is 15.6. The van der Waals surface area contributed by atoms with Gasteiger partial charge in [0.25, 0.3) is 0 Å². The predicted molar refractivity (Wildman–Crippen MR) is 80.8 cm³/mol. The molecule has 0 fully saturated rings. The van der Waals surface area contributed by atoms with Crippen molar-refractivity contribution < 1.29 is 4.74 Å². The Balaban J connectivity index is 1.76. The van der Waals surface area contributed by atoms with Crippen LogP contribution >= 0.6 is 11.3 Å². The maximum Gasteiger partial charge on any atom is 0.121 e. The Bertz CT molecular complexity index is 737. The lowest BCUT2D eigenvalue weighted by molar-refractivity contribution is 0.415. The van der Waals surface area contributed by atoms with Crippen molar-refractivity contribution in [3.63, 3.8) is 0 Å². The molecule has 0 aliphatic carbocycles. The number of aromatic nitrogens is 1. The first-order valence-corrected chi connectivity index (χ1v) is 7.03. The fourth-order valence-electron chi connectivity index (χ4n) is 1.82. The first kappa shape index (κ1) is 12.7. The van der Waals surface area contributed by atoms with Crippen LogP contribution < -0.4 is 4.74 Å². The van der Waals surface area contributed by atoms with Crippen LogP contribution in [0.25, 0.3) is 10.2 Å². The Morgan fingerprint density at radius 3 is 2.80 bits per heavy atom. The van der Waals surface area contributed by atoms with Gasteiger partial charge in [-0.05, 0) is 24.3 Å². The van der Waals surface area contributed by atoms with Crippen LogP contribution in [0.2, 0.25) is 0 Å². The van der Waals surface area contributed by atoms with Crippen LogP contribution in [0, 0.1) is 0 Å². The van der Waals surface area contributed by atoms with Crippen LogP contribution in [0.4, 0.5) is 5.69 Å². The van der Waals surface area contributed by atoms with Gasteiger partial charge in [-0.3, -0.25) is 0 Å². The molecule has 0 aliphatic rings. The lowest BCUT2D eigenvalue weighted by Crippen LogP contribution is -1.81. The van der Waals surface area contributed by atoms with Gasteiger partial charge in [0.2, 0.25) is 0 Å². The second-order valence-electron chi connectivity index (χ2n) is 4.18. The molecule has 1 aromatic heterocycles. The second kappa shape index (κ2) is 5.79. The van der Waals surface area contributed by atoms with Crippen LogP contribution in [0.1, 0.15) is 5.01 Å². The third kappa shape index (κ3) is 2.83. The highest BCUT2D eigenvalue weighted by atomic mass is 32.1. The van der Waals surface area contributed by atoms with E-state index in [-0.39, 0.29) is 0 Å². The van der Waals surface area contributed by atoms with Crippen LogP contribution in [0.5, 0.6) is 5.75 Å². The Hall–Kier alpha value is -2.27. The molecule has 0 bridgehead atoms. The standard InChI is InChI=1S/C15H13N3OS/c1-19-12-7-8-14-13(9-12)17-15(20-14)10-16-18-11-5-3-2-4-6-11/h2-9H,10H2,1H3. The van der Waals surface area contributed by atoms with Gasteiger partial charge in [-0.15, -0.1) is 11.3 Å². The molecule has 20 heavy (non-hydrogen) atoms. The summed E-state index contributed by atoms with van der Waals surface area (Å²) in [6.07, 6.45) is 0. The molecule has 0 N–H and O–H groups in total. The monoisotopic (exact) mass is 283 g/mol. The number of benzene rings is 2. The summed E-state index contributed by atoms with van der Waals surface area (Å²) in [6.45, 7) is 0.497. The summed E-state index contributed by atoms with van der Waals surface area (Å²) in [5, 5.41) is 9.32. The topological polar surface area (TPSA) is 46.8 Å². The van der Waals surface area contributed by atoms with Gasteiger partial charge in [0.05, 0.1) is 23.0 Å². The van der Waals surface area contributed by atoms with E-state index < -0.39 is 0 Å². The summed E-state index contributed by atoms with van der Waals surface area (Å²) in [4.78, 5) is 4.54. The Morgan fingerprint density at radius 2 is 2.00 bits per heavy atom. The fraction of sp³-hybridized carbons (Fsp3) is 0.133. The number of ether oxygens (including phenoxy) is 1. The molecule has 1 heterocycles. The van der Waals surface area contributed by atoms with Gasteiger partial charge in [0, 0.05) is 6.07 Å². The van der Waals surface area contributed by atoms with Gasteiger partial charge in [-0.1, -0.05) is 18.2 Å². The zero-order valence-corrected chi connectivity index (χ0v) is 11.8. The first-order chi connectivity index (χ1) is 9.85. The lowest BCUT2D eigenvalue weighted by atomic mass is 10.3. The number of azo groups is 1. The summed E-state index contributed by atoms with van der Waals surface area (Å²) in [5.74, 6) is 0.820. The van der Waals surface area contributed by atoms with Crippen LogP contribution in [-0.4, -0.2) is 12.1 Å². The maximum atomic E-state index is 5.19. The molecule has 0 spiro atoms. The Morgan fingerprint density at radius 1 is 1.15 bits per heavy atom. The number of nitrogens with zero attached hydrogens (tertiary/aromatic N) is 3. The molecule has 100 valence electrons. The number of hydrogen-bond donors (Lipinski definition) is 0. The molecule has 0 unspecified atom stereocenters. The maximum absolute atomic E-state index is 5.19. The zero-order valence-electron chi connectivity index (χ0n) is 11.0. The van der Waals surface area contributed by atoms with Gasteiger partial charge < -0.3 is 4.74 Å². The van der Waals surface area contributed by atoms with Crippen molar-refractivity contribution in [2.45, 2.75) is 6.54 Å². The number of hydrogen-bond acceptors (Lipinski definition) is 5. The van der Waals surface area contributed by atoms with Crippen LogP contribution in [0.15, 0.2) is 58.8 Å². The van der Waals surface area contributed by atoms with E-state index in [2.05, 4.69) is 15.2 Å². The summed E-state index contributed by atoms with van der Waals surface area (Å²) in [5.41, 5.74) is 1.80. The highest BCUT2D eigenvalue weighted by Crippen LogP contribution is 2.26. The molecule has 3 rings (SSSR count). The molecule has 0 atom stereocenters. The summed E-state index contributed by atoms with van der Waals surface area (Å²) in [7, 11) is 1.66. The molecule has 0 saturated heterocycles. The normalized spacial score (nSPS) is 11.2. The van der Waals surface area contributed by atoms with Crippen molar-refractivity contribution in [3.8, 4) is 5.75 Å². The highest BCUT2D eigenvalue weighted by Gasteiger charge is 2.04. The number of rotatable bonds is 4. The zero-order chi connectivity index (χ0) is 13.8. The largest absolute Gasteiger partial charge is 0.497 e. The van der Waals surface area contributed by atoms with Crippen molar-refractivity contribution in [2.24, 2.45) is 10.2 Å². The average Bonchev–Trinajstić information content (AvgIpc) is 2.90. The minimum absolute atomic E-state index is 0.497. The fourth-order valence-corrected chi connectivity index (χ4v) is 2.69. The molecule has 0 saturated carbocycles. The third-order valence-electron chi connectivity index (χ3n) is 2.79. The molecular formula is C15H13N3OS. The first-order valence-electron chi connectivity index (χ1n) is 6.21. The van der Waals surface area contributed by atoms with Crippen molar-refractivity contribution in [3.05, 3.63) is 53.5 Å². The Kier molecular flexibility index (Phi) is 3.69. The van der Waals surface area contributed by atoms with Gasteiger partial charge in [0.1, 0.15) is 17.3 Å². The third-order valence-corrected chi connectivity index (χ3v) is 3.81. The van der Waals surface area contributed by atoms with Gasteiger partial charge in [-0.25, -0.2) is 4.98 Å². The molecule has 0 radical (unpaired) electrons. The number of methoxy groups -OCH3 is 1. The van der Waals surface area contributed by atoms with E-state index in [9.17, 15) is 0 Å². The van der Waals surface area contributed by atoms with E-state index in [0.29, 0.717) is 6.54 Å². The van der Waals surface area contributed by atoms with Crippen molar-refractivity contribution >= 4 is 27.2 Å².